The standard InChI is InChI=1S/C16H18N2O6S/c1-11(19)4-5-12-6-8-13(9-7-12)24-25(22,23)14-10-17(2)16(21)18(3)15(14)20/h6-10H,4-5H2,1-3H3. The summed E-state index contributed by atoms with van der Waals surface area (Å²) in [5, 5.41) is 0. The van der Waals surface area contributed by atoms with Gasteiger partial charge in [0.05, 0.1) is 0 Å². The van der Waals surface area contributed by atoms with Gasteiger partial charge >= 0.3 is 15.8 Å². The van der Waals surface area contributed by atoms with Crippen molar-refractivity contribution in [3.8, 4) is 5.75 Å². The zero-order valence-corrected chi connectivity index (χ0v) is 14.9. The molecule has 0 radical (unpaired) electrons. The van der Waals surface area contributed by atoms with Crippen LogP contribution in [0.4, 0.5) is 0 Å². The molecule has 0 aliphatic rings. The molecule has 9 heteroatoms. The third kappa shape index (κ3) is 4.24. The summed E-state index contributed by atoms with van der Waals surface area (Å²) >= 11 is 0. The van der Waals surface area contributed by atoms with E-state index in [1.165, 1.54) is 33.2 Å². The van der Waals surface area contributed by atoms with Crippen molar-refractivity contribution in [3.63, 3.8) is 0 Å². The van der Waals surface area contributed by atoms with Gasteiger partial charge in [-0.25, -0.2) is 4.79 Å². The van der Waals surface area contributed by atoms with Crippen molar-refractivity contribution < 1.29 is 17.4 Å². The smallest absolute Gasteiger partial charge is 0.346 e. The molecular formula is C16H18N2O6S. The third-order valence-electron chi connectivity index (χ3n) is 3.58. The van der Waals surface area contributed by atoms with Gasteiger partial charge in [-0.2, -0.15) is 8.42 Å². The molecule has 0 bridgehead atoms. The van der Waals surface area contributed by atoms with Gasteiger partial charge in [-0.1, -0.05) is 12.1 Å². The highest BCUT2D eigenvalue weighted by Gasteiger charge is 2.23. The molecule has 1 heterocycles. The van der Waals surface area contributed by atoms with Crippen LogP contribution in [0.25, 0.3) is 0 Å². The number of ketones is 1. The number of hydrogen-bond donors (Lipinski definition) is 0. The second kappa shape index (κ2) is 7.06. The molecule has 0 spiro atoms. The van der Waals surface area contributed by atoms with Crippen molar-refractivity contribution in [3.05, 3.63) is 56.9 Å². The molecule has 25 heavy (non-hydrogen) atoms. The molecule has 8 nitrogen and oxygen atoms in total. The average molecular weight is 366 g/mol. The van der Waals surface area contributed by atoms with Gasteiger partial charge in [-0.15, -0.1) is 0 Å². The molecule has 0 saturated carbocycles. The quantitative estimate of drug-likeness (QED) is 0.684. The first kappa shape index (κ1) is 18.7. The highest BCUT2D eigenvalue weighted by Crippen LogP contribution is 2.18. The van der Waals surface area contributed by atoms with Crippen LogP contribution in [-0.4, -0.2) is 23.3 Å². The van der Waals surface area contributed by atoms with E-state index in [9.17, 15) is 22.8 Å². The molecule has 0 amide bonds. The first-order valence-electron chi connectivity index (χ1n) is 7.41. The summed E-state index contributed by atoms with van der Waals surface area (Å²) in [6, 6.07) is 6.18. The maximum absolute atomic E-state index is 12.3. The minimum atomic E-state index is -4.39. The first-order valence-corrected chi connectivity index (χ1v) is 8.82. The predicted octanol–water partition coefficient (Wildman–Crippen LogP) is 0.373. The molecule has 2 aromatic rings. The van der Waals surface area contributed by atoms with Crippen LogP contribution < -0.4 is 15.4 Å². The highest BCUT2D eigenvalue weighted by atomic mass is 32.2. The largest absolute Gasteiger partial charge is 0.379 e. The lowest BCUT2D eigenvalue weighted by Gasteiger charge is -2.09. The monoisotopic (exact) mass is 366 g/mol. The minimum Gasteiger partial charge on any atom is -0.379 e. The second-order valence-electron chi connectivity index (χ2n) is 5.63. The number of aryl methyl sites for hydroxylation is 2. The van der Waals surface area contributed by atoms with Gasteiger partial charge in [0, 0.05) is 26.7 Å². The van der Waals surface area contributed by atoms with E-state index < -0.39 is 26.3 Å². The van der Waals surface area contributed by atoms with Gasteiger partial charge in [-0.3, -0.25) is 9.36 Å². The molecule has 0 saturated heterocycles. The Kier molecular flexibility index (Phi) is 5.27. The van der Waals surface area contributed by atoms with Gasteiger partial charge in [0.2, 0.25) is 0 Å². The van der Waals surface area contributed by atoms with Crippen LogP contribution in [-0.2, 0) is 35.4 Å². The summed E-state index contributed by atoms with van der Waals surface area (Å²) < 4.78 is 31.3. The number of aromatic nitrogens is 2. The molecule has 0 fully saturated rings. The van der Waals surface area contributed by atoms with Crippen molar-refractivity contribution in [2.24, 2.45) is 14.1 Å². The number of benzene rings is 1. The van der Waals surface area contributed by atoms with Gasteiger partial charge in [0.15, 0.2) is 4.90 Å². The Morgan fingerprint density at radius 2 is 1.72 bits per heavy atom. The maximum Gasteiger partial charge on any atom is 0.346 e. The number of hydrogen-bond acceptors (Lipinski definition) is 6. The fourth-order valence-corrected chi connectivity index (χ4v) is 3.24. The number of carbonyl (C=O) groups excluding carboxylic acids is 1. The minimum absolute atomic E-state index is 0.0301. The lowest BCUT2D eigenvalue weighted by Crippen LogP contribution is -2.39. The summed E-state index contributed by atoms with van der Waals surface area (Å²) in [5.41, 5.74) is -0.738. The van der Waals surface area contributed by atoms with E-state index in [2.05, 4.69) is 0 Å². The van der Waals surface area contributed by atoms with E-state index in [4.69, 9.17) is 4.18 Å². The fourth-order valence-electron chi connectivity index (χ4n) is 2.15. The van der Waals surface area contributed by atoms with E-state index >= 15 is 0 Å². The zero-order valence-electron chi connectivity index (χ0n) is 14.1. The molecular weight excluding hydrogens is 348 g/mol. The van der Waals surface area contributed by atoms with Crippen LogP contribution in [0.2, 0.25) is 0 Å². The Morgan fingerprint density at radius 1 is 1.12 bits per heavy atom. The summed E-state index contributed by atoms with van der Waals surface area (Å²) in [6.45, 7) is 1.50. The van der Waals surface area contributed by atoms with E-state index in [1.807, 2.05) is 0 Å². The lowest BCUT2D eigenvalue weighted by molar-refractivity contribution is -0.116. The van der Waals surface area contributed by atoms with Gasteiger partial charge in [0.25, 0.3) is 5.56 Å². The van der Waals surface area contributed by atoms with Crippen molar-refractivity contribution >= 4 is 15.9 Å². The molecule has 0 unspecified atom stereocenters. The summed E-state index contributed by atoms with van der Waals surface area (Å²) in [5.74, 6) is 0.0934. The molecule has 0 aliphatic carbocycles. The maximum atomic E-state index is 12.3. The van der Waals surface area contributed by atoms with Crippen molar-refractivity contribution in [2.75, 3.05) is 0 Å². The Labute approximate surface area is 144 Å². The van der Waals surface area contributed by atoms with Crippen LogP contribution in [0.15, 0.2) is 44.9 Å². The van der Waals surface area contributed by atoms with Crippen molar-refractivity contribution in [1.82, 2.24) is 9.13 Å². The van der Waals surface area contributed by atoms with Crippen LogP contribution in [0, 0.1) is 0 Å². The van der Waals surface area contributed by atoms with Crippen LogP contribution in [0.1, 0.15) is 18.9 Å². The summed E-state index contributed by atoms with van der Waals surface area (Å²) in [7, 11) is -1.87. The van der Waals surface area contributed by atoms with Crippen molar-refractivity contribution in [1.29, 1.82) is 0 Å². The molecule has 1 aromatic heterocycles. The number of carbonyl (C=O) groups is 1. The van der Waals surface area contributed by atoms with E-state index in [1.54, 1.807) is 12.1 Å². The Balaban J connectivity index is 2.29. The Bertz CT molecular complexity index is 1020. The van der Waals surface area contributed by atoms with E-state index in [-0.39, 0.29) is 11.5 Å². The normalized spacial score (nSPS) is 11.3. The molecule has 1 aromatic carbocycles. The fraction of sp³-hybridized carbons (Fsp3) is 0.312. The summed E-state index contributed by atoms with van der Waals surface area (Å²) in [4.78, 5) is 34.0. The van der Waals surface area contributed by atoms with Gasteiger partial charge in [-0.05, 0) is 31.0 Å². The van der Waals surface area contributed by atoms with Crippen LogP contribution in [0.5, 0.6) is 5.75 Å². The molecule has 0 N–H and O–H groups in total. The highest BCUT2D eigenvalue weighted by molar-refractivity contribution is 7.87. The lowest BCUT2D eigenvalue weighted by atomic mass is 10.1. The first-order chi connectivity index (χ1) is 11.6. The van der Waals surface area contributed by atoms with E-state index in [0.29, 0.717) is 17.4 Å². The predicted molar refractivity (Wildman–Crippen MR) is 90.2 cm³/mol. The second-order valence-corrected chi connectivity index (χ2v) is 7.15. The summed E-state index contributed by atoms with van der Waals surface area (Å²) in [6.07, 6.45) is 1.87. The number of nitrogens with zero attached hydrogens (tertiary/aromatic N) is 2. The van der Waals surface area contributed by atoms with Gasteiger partial charge < -0.3 is 13.5 Å². The topological polar surface area (TPSA) is 104 Å². The Morgan fingerprint density at radius 3 is 2.28 bits per heavy atom. The average Bonchev–Trinajstić information content (AvgIpc) is 2.55. The SMILES string of the molecule is CC(=O)CCc1ccc(OS(=O)(=O)c2cn(C)c(=O)n(C)c2=O)cc1. The molecule has 0 aliphatic heterocycles. The Hall–Kier alpha value is -2.68. The van der Waals surface area contributed by atoms with E-state index in [0.717, 1.165) is 16.3 Å². The molecule has 2 rings (SSSR count). The number of rotatable bonds is 6. The van der Waals surface area contributed by atoms with Crippen LogP contribution in [0.3, 0.4) is 0 Å². The van der Waals surface area contributed by atoms with Crippen LogP contribution >= 0.6 is 0 Å². The molecule has 0 atom stereocenters. The number of Topliss-reactive ketones (excluding diaryl/α,β-unsaturated/α-hetero) is 1. The molecule has 134 valence electrons. The van der Waals surface area contributed by atoms with Gasteiger partial charge in [0.1, 0.15) is 11.5 Å². The zero-order chi connectivity index (χ0) is 18.8. The van der Waals surface area contributed by atoms with Crippen molar-refractivity contribution in [2.45, 2.75) is 24.7 Å². The third-order valence-corrected chi connectivity index (χ3v) is 4.81.